The quantitative estimate of drug-likeness (QED) is 0.770. The van der Waals surface area contributed by atoms with Gasteiger partial charge < -0.3 is 19.9 Å². The van der Waals surface area contributed by atoms with E-state index in [9.17, 15) is 0 Å². The summed E-state index contributed by atoms with van der Waals surface area (Å²) in [6.45, 7) is 12.0. The summed E-state index contributed by atoms with van der Waals surface area (Å²) in [6, 6.07) is 0.566. The number of nitrogens with zero attached hydrogens (tertiary/aromatic N) is 3. The third-order valence-electron chi connectivity index (χ3n) is 4.65. The Morgan fingerprint density at radius 3 is 3.09 bits per heavy atom. The van der Waals surface area contributed by atoms with Crippen LogP contribution in [0.15, 0.2) is 0 Å². The third-order valence-corrected chi connectivity index (χ3v) is 4.65. The molecule has 2 N–H and O–H groups in total. The maximum Gasteiger partial charge on any atom is 0.129 e. The first kappa shape index (κ1) is 15.8. The van der Waals surface area contributed by atoms with E-state index >= 15 is 0 Å². The van der Waals surface area contributed by atoms with E-state index in [0.717, 1.165) is 58.9 Å². The molecule has 3 heterocycles. The van der Waals surface area contributed by atoms with E-state index in [4.69, 9.17) is 9.72 Å². The van der Waals surface area contributed by atoms with Crippen molar-refractivity contribution in [3.05, 3.63) is 11.5 Å². The minimum Gasteiger partial charge on any atom is -0.380 e. The van der Waals surface area contributed by atoms with Gasteiger partial charge in [-0.3, -0.25) is 4.90 Å². The molecule has 0 amide bonds. The van der Waals surface area contributed by atoms with E-state index in [2.05, 4.69) is 27.0 Å². The summed E-state index contributed by atoms with van der Waals surface area (Å²) in [4.78, 5) is 7.47. The first-order valence-corrected chi connectivity index (χ1v) is 8.64. The van der Waals surface area contributed by atoms with Crippen molar-refractivity contribution in [1.82, 2.24) is 19.8 Å². The highest BCUT2D eigenvalue weighted by Crippen LogP contribution is 2.24. The molecule has 1 unspecified atom stereocenters. The number of rotatable bonds is 6. The van der Waals surface area contributed by atoms with Gasteiger partial charge in [0.1, 0.15) is 11.6 Å². The van der Waals surface area contributed by atoms with Crippen molar-refractivity contribution in [2.75, 3.05) is 44.7 Å². The lowest BCUT2D eigenvalue weighted by molar-refractivity contribution is 0.134. The van der Waals surface area contributed by atoms with Crippen LogP contribution in [0.5, 0.6) is 0 Å². The molecule has 6 nitrogen and oxygen atoms in total. The summed E-state index contributed by atoms with van der Waals surface area (Å²) in [7, 11) is 0. The molecule has 1 saturated heterocycles. The Labute approximate surface area is 133 Å². The molecule has 0 radical (unpaired) electrons. The van der Waals surface area contributed by atoms with Crippen LogP contribution in [0.1, 0.15) is 31.8 Å². The number of imidazole rings is 1. The Balaban J connectivity index is 1.77. The van der Waals surface area contributed by atoms with Crippen molar-refractivity contribution in [2.24, 2.45) is 0 Å². The Morgan fingerprint density at radius 2 is 2.27 bits per heavy atom. The van der Waals surface area contributed by atoms with Gasteiger partial charge in [-0.2, -0.15) is 0 Å². The number of piperazine rings is 1. The Kier molecular flexibility index (Phi) is 5.33. The van der Waals surface area contributed by atoms with E-state index in [1.165, 1.54) is 23.8 Å². The zero-order valence-electron chi connectivity index (χ0n) is 13.9. The van der Waals surface area contributed by atoms with Gasteiger partial charge in [0.2, 0.25) is 0 Å². The maximum atomic E-state index is 5.56. The highest BCUT2D eigenvalue weighted by atomic mass is 16.5. The number of nitrogens with one attached hydrogen (secondary N) is 2. The first-order chi connectivity index (χ1) is 10.8. The second-order valence-corrected chi connectivity index (χ2v) is 6.23. The van der Waals surface area contributed by atoms with Crippen LogP contribution in [-0.4, -0.2) is 59.9 Å². The molecule has 0 spiro atoms. The van der Waals surface area contributed by atoms with Crippen LogP contribution in [-0.2, 0) is 24.2 Å². The fraction of sp³-hybridized carbons (Fsp3) is 0.812. The molecule has 124 valence electrons. The standard InChI is InChI=1S/C16H29N5O/c1-3-22-10-9-21-15(12-20-8-7-17-11-13(20)2)19-14-5-4-6-18-16(14)21/h13,17-18H,3-12H2,1-2H3. The van der Waals surface area contributed by atoms with Gasteiger partial charge in [-0.05, 0) is 26.7 Å². The van der Waals surface area contributed by atoms with Crippen molar-refractivity contribution in [3.8, 4) is 0 Å². The molecular formula is C16H29N5O. The summed E-state index contributed by atoms with van der Waals surface area (Å²) in [5.74, 6) is 2.41. The third kappa shape index (κ3) is 3.45. The van der Waals surface area contributed by atoms with Crippen LogP contribution in [0.2, 0.25) is 0 Å². The highest BCUT2D eigenvalue weighted by molar-refractivity contribution is 5.45. The van der Waals surface area contributed by atoms with Crippen molar-refractivity contribution in [3.63, 3.8) is 0 Å². The number of aromatic nitrogens is 2. The predicted molar refractivity (Wildman–Crippen MR) is 88.3 cm³/mol. The van der Waals surface area contributed by atoms with Gasteiger partial charge in [0, 0.05) is 45.4 Å². The van der Waals surface area contributed by atoms with Crippen molar-refractivity contribution < 1.29 is 4.74 Å². The Morgan fingerprint density at radius 1 is 1.36 bits per heavy atom. The Hall–Kier alpha value is -1.11. The molecule has 0 bridgehead atoms. The average molecular weight is 307 g/mol. The predicted octanol–water partition coefficient (Wildman–Crippen LogP) is 1.07. The molecule has 22 heavy (non-hydrogen) atoms. The number of aryl methyl sites for hydroxylation is 1. The van der Waals surface area contributed by atoms with Gasteiger partial charge >= 0.3 is 0 Å². The lowest BCUT2D eigenvalue weighted by Crippen LogP contribution is -2.49. The fourth-order valence-electron chi connectivity index (χ4n) is 3.35. The molecule has 2 aliphatic heterocycles. The van der Waals surface area contributed by atoms with E-state index < -0.39 is 0 Å². The van der Waals surface area contributed by atoms with Crippen LogP contribution in [0.3, 0.4) is 0 Å². The van der Waals surface area contributed by atoms with Gasteiger partial charge in [0.25, 0.3) is 0 Å². The molecule has 2 aliphatic rings. The van der Waals surface area contributed by atoms with E-state index in [-0.39, 0.29) is 0 Å². The van der Waals surface area contributed by atoms with Crippen LogP contribution < -0.4 is 10.6 Å². The van der Waals surface area contributed by atoms with Crippen molar-refractivity contribution in [1.29, 1.82) is 0 Å². The minimum atomic E-state index is 0.566. The number of hydrogen-bond donors (Lipinski definition) is 2. The molecular weight excluding hydrogens is 278 g/mol. The van der Waals surface area contributed by atoms with Gasteiger partial charge in [-0.25, -0.2) is 4.98 Å². The molecule has 1 aromatic rings. The molecule has 0 saturated carbocycles. The van der Waals surface area contributed by atoms with Crippen LogP contribution in [0.25, 0.3) is 0 Å². The molecule has 1 atom stereocenters. The number of fused-ring (bicyclic) bond motifs is 1. The van der Waals surface area contributed by atoms with E-state index in [1.54, 1.807) is 0 Å². The monoisotopic (exact) mass is 307 g/mol. The summed E-state index contributed by atoms with van der Waals surface area (Å²) < 4.78 is 7.91. The topological polar surface area (TPSA) is 54.4 Å². The molecule has 1 aromatic heterocycles. The van der Waals surface area contributed by atoms with Crippen molar-refractivity contribution >= 4 is 5.82 Å². The van der Waals surface area contributed by atoms with Crippen LogP contribution >= 0.6 is 0 Å². The van der Waals surface area contributed by atoms with E-state index in [1.807, 2.05) is 6.92 Å². The first-order valence-electron chi connectivity index (χ1n) is 8.64. The fourth-order valence-corrected chi connectivity index (χ4v) is 3.35. The van der Waals surface area contributed by atoms with Gasteiger partial charge in [0.15, 0.2) is 0 Å². The lowest BCUT2D eigenvalue weighted by Gasteiger charge is -2.33. The van der Waals surface area contributed by atoms with Crippen LogP contribution in [0.4, 0.5) is 5.82 Å². The second kappa shape index (κ2) is 7.44. The van der Waals surface area contributed by atoms with E-state index in [0.29, 0.717) is 6.04 Å². The molecule has 3 rings (SSSR count). The SMILES string of the molecule is CCOCCn1c(CN2CCNCC2C)nc2c1NCCC2. The number of ether oxygens (including phenoxy) is 1. The molecule has 0 aliphatic carbocycles. The summed E-state index contributed by atoms with van der Waals surface area (Å²) in [5, 5.41) is 7.00. The summed E-state index contributed by atoms with van der Waals surface area (Å²) >= 11 is 0. The highest BCUT2D eigenvalue weighted by Gasteiger charge is 2.24. The molecule has 1 fully saturated rings. The zero-order valence-corrected chi connectivity index (χ0v) is 13.9. The van der Waals surface area contributed by atoms with Crippen LogP contribution in [0, 0.1) is 0 Å². The number of hydrogen-bond acceptors (Lipinski definition) is 5. The van der Waals surface area contributed by atoms with Gasteiger partial charge in [-0.1, -0.05) is 0 Å². The summed E-state index contributed by atoms with van der Waals surface area (Å²) in [5.41, 5.74) is 1.24. The summed E-state index contributed by atoms with van der Waals surface area (Å²) in [6.07, 6.45) is 2.27. The molecule has 6 heteroatoms. The largest absolute Gasteiger partial charge is 0.380 e. The maximum absolute atomic E-state index is 5.56. The number of anilines is 1. The van der Waals surface area contributed by atoms with Crippen molar-refractivity contribution in [2.45, 2.75) is 45.8 Å². The Bertz CT molecular complexity index is 487. The van der Waals surface area contributed by atoms with Gasteiger partial charge in [-0.15, -0.1) is 0 Å². The lowest BCUT2D eigenvalue weighted by atomic mass is 10.2. The zero-order chi connectivity index (χ0) is 15.4. The average Bonchev–Trinajstić information content (AvgIpc) is 2.88. The smallest absolute Gasteiger partial charge is 0.129 e. The second-order valence-electron chi connectivity index (χ2n) is 6.23. The minimum absolute atomic E-state index is 0.566. The molecule has 0 aromatic carbocycles. The normalized spacial score (nSPS) is 22.4. The van der Waals surface area contributed by atoms with Gasteiger partial charge in [0.05, 0.1) is 18.8 Å².